The van der Waals surface area contributed by atoms with Gasteiger partial charge in [-0.25, -0.2) is 4.79 Å². The van der Waals surface area contributed by atoms with Gasteiger partial charge in [-0.3, -0.25) is 9.59 Å². The van der Waals surface area contributed by atoms with Gasteiger partial charge in [-0.1, -0.05) is 36.4 Å². The number of Topliss-reactive ketones (excluding diaryl/α,β-unsaturated/α-hetero) is 1. The van der Waals surface area contributed by atoms with Crippen molar-refractivity contribution in [1.82, 2.24) is 5.32 Å². The molecule has 0 saturated carbocycles. The first-order chi connectivity index (χ1) is 12.9. The summed E-state index contributed by atoms with van der Waals surface area (Å²) < 4.78 is 5.18. The molecule has 0 aliphatic heterocycles. The molecule has 0 radical (unpaired) electrons. The van der Waals surface area contributed by atoms with E-state index in [1.165, 1.54) is 6.92 Å². The molecule has 0 spiro atoms. The summed E-state index contributed by atoms with van der Waals surface area (Å²) in [6.45, 7) is 5.62. The third-order valence-corrected chi connectivity index (χ3v) is 4.45. The minimum absolute atomic E-state index is 0.0358. The molecule has 0 aliphatic rings. The molecule has 1 amide bonds. The van der Waals surface area contributed by atoms with Crippen LogP contribution in [0.5, 0.6) is 0 Å². The molecule has 2 aromatic rings. The van der Waals surface area contributed by atoms with Crippen LogP contribution < -0.4 is 5.32 Å². The largest absolute Gasteiger partial charge is 0.454 e. The van der Waals surface area contributed by atoms with Crippen LogP contribution in [0.1, 0.15) is 50.8 Å². The average Bonchev–Trinajstić information content (AvgIpc) is 2.65. The van der Waals surface area contributed by atoms with E-state index in [1.807, 2.05) is 32.0 Å². The van der Waals surface area contributed by atoms with Gasteiger partial charge in [-0.05, 0) is 49.4 Å². The molecular formula is C22H25NO4. The van der Waals surface area contributed by atoms with Crippen molar-refractivity contribution in [3.05, 3.63) is 70.3 Å². The Morgan fingerprint density at radius 2 is 1.70 bits per heavy atom. The lowest BCUT2D eigenvalue weighted by molar-refractivity contribution is -0.118. The van der Waals surface area contributed by atoms with Gasteiger partial charge in [0.25, 0.3) is 0 Å². The third kappa shape index (κ3) is 6.06. The summed E-state index contributed by atoms with van der Waals surface area (Å²) in [4.78, 5) is 35.3. The fourth-order valence-corrected chi connectivity index (χ4v) is 2.68. The number of ketones is 1. The number of hydrogen-bond acceptors (Lipinski definition) is 4. The van der Waals surface area contributed by atoms with Crippen LogP contribution in [0.25, 0.3) is 0 Å². The van der Waals surface area contributed by atoms with Crippen molar-refractivity contribution < 1.29 is 19.1 Å². The molecule has 1 N–H and O–H groups in total. The summed E-state index contributed by atoms with van der Waals surface area (Å²) in [7, 11) is 0. The van der Waals surface area contributed by atoms with Gasteiger partial charge in [0.2, 0.25) is 5.91 Å². The van der Waals surface area contributed by atoms with Gasteiger partial charge < -0.3 is 10.1 Å². The third-order valence-electron chi connectivity index (χ3n) is 4.45. The number of hydrogen-bond donors (Lipinski definition) is 1. The van der Waals surface area contributed by atoms with Crippen LogP contribution >= 0.6 is 0 Å². The van der Waals surface area contributed by atoms with Crippen molar-refractivity contribution in [3.8, 4) is 0 Å². The second kappa shape index (κ2) is 9.67. The number of carbonyl (C=O) groups excluding carboxylic acids is 3. The Hall–Kier alpha value is -2.95. The van der Waals surface area contributed by atoms with Crippen molar-refractivity contribution in [2.24, 2.45) is 0 Å². The molecule has 2 rings (SSSR count). The average molecular weight is 367 g/mol. The first-order valence-corrected chi connectivity index (χ1v) is 8.98. The quantitative estimate of drug-likeness (QED) is 0.441. The van der Waals surface area contributed by atoms with Crippen LogP contribution in [-0.2, 0) is 16.0 Å². The molecule has 27 heavy (non-hydrogen) atoms. The topological polar surface area (TPSA) is 72.5 Å². The second-order valence-electron chi connectivity index (χ2n) is 6.53. The Balaban J connectivity index is 1.86. The zero-order chi connectivity index (χ0) is 19.8. The maximum absolute atomic E-state index is 12.3. The van der Waals surface area contributed by atoms with E-state index in [2.05, 4.69) is 5.32 Å². The Labute approximate surface area is 159 Å². The second-order valence-corrected chi connectivity index (χ2v) is 6.53. The molecule has 0 aromatic heterocycles. The van der Waals surface area contributed by atoms with E-state index in [0.717, 1.165) is 29.5 Å². The fraction of sp³-hybridized carbons (Fsp3) is 0.318. The molecule has 5 heteroatoms. The summed E-state index contributed by atoms with van der Waals surface area (Å²) in [6.07, 6.45) is 1.65. The number of ether oxygens (including phenoxy) is 1. The SMILES string of the molecule is CC(=O)NCCCc1ccc(C(=O)COC(=O)c2cccc(C)c2C)cc1. The highest BCUT2D eigenvalue weighted by Crippen LogP contribution is 2.14. The molecule has 0 aliphatic carbocycles. The van der Waals surface area contributed by atoms with E-state index >= 15 is 0 Å². The van der Waals surface area contributed by atoms with Gasteiger partial charge in [-0.2, -0.15) is 0 Å². The van der Waals surface area contributed by atoms with Crippen LogP contribution in [0.4, 0.5) is 0 Å². The van der Waals surface area contributed by atoms with E-state index in [-0.39, 0.29) is 18.3 Å². The molecular weight excluding hydrogens is 342 g/mol. The van der Waals surface area contributed by atoms with Crippen molar-refractivity contribution in [2.75, 3.05) is 13.2 Å². The monoisotopic (exact) mass is 367 g/mol. The maximum atomic E-state index is 12.3. The smallest absolute Gasteiger partial charge is 0.338 e. The minimum Gasteiger partial charge on any atom is -0.454 e. The first kappa shape index (κ1) is 20.4. The van der Waals surface area contributed by atoms with Gasteiger partial charge >= 0.3 is 5.97 Å². The predicted molar refractivity (Wildman–Crippen MR) is 104 cm³/mol. The van der Waals surface area contributed by atoms with E-state index in [4.69, 9.17) is 4.74 Å². The molecule has 0 unspecified atom stereocenters. The summed E-state index contributed by atoms with van der Waals surface area (Å²) in [5.41, 5.74) is 3.94. The summed E-state index contributed by atoms with van der Waals surface area (Å²) in [5.74, 6) is -0.760. The predicted octanol–water partition coefficient (Wildman–Crippen LogP) is 3.41. The Kier molecular flexibility index (Phi) is 7.29. The molecule has 2 aromatic carbocycles. The molecule has 5 nitrogen and oxygen atoms in total. The van der Waals surface area contributed by atoms with E-state index < -0.39 is 5.97 Å². The number of amides is 1. The Morgan fingerprint density at radius 1 is 1.00 bits per heavy atom. The molecule has 142 valence electrons. The van der Waals surface area contributed by atoms with Gasteiger partial charge in [0.15, 0.2) is 12.4 Å². The van der Waals surface area contributed by atoms with Crippen LogP contribution in [-0.4, -0.2) is 30.8 Å². The standard InChI is InChI=1S/C22H25NO4/c1-15-6-4-8-20(16(15)2)22(26)27-14-21(25)19-11-9-18(10-12-19)7-5-13-23-17(3)24/h4,6,8-12H,5,7,13-14H2,1-3H3,(H,23,24). The highest BCUT2D eigenvalue weighted by Gasteiger charge is 2.14. The zero-order valence-electron chi connectivity index (χ0n) is 16.0. The molecule has 0 bridgehead atoms. The van der Waals surface area contributed by atoms with Crippen LogP contribution in [0.15, 0.2) is 42.5 Å². The lowest BCUT2D eigenvalue weighted by Gasteiger charge is -2.09. The lowest BCUT2D eigenvalue weighted by atomic mass is 10.0. The number of carbonyl (C=O) groups is 3. The summed E-state index contributed by atoms with van der Waals surface area (Å²) in [6, 6.07) is 12.7. The number of esters is 1. The minimum atomic E-state index is -0.487. The Morgan fingerprint density at radius 3 is 2.37 bits per heavy atom. The molecule has 0 heterocycles. The van der Waals surface area contributed by atoms with Gasteiger partial charge in [0.1, 0.15) is 0 Å². The number of nitrogens with one attached hydrogen (secondary N) is 1. The molecule has 0 atom stereocenters. The maximum Gasteiger partial charge on any atom is 0.338 e. The van der Waals surface area contributed by atoms with Crippen LogP contribution in [0, 0.1) is 13.8 Å². The highest BCUT2D eigenvalue weighted by molar-refractivity contribution is 5.99. The number of benzene rings is 2. The van der Waals surface area contributed by atoms with E-state index in [1.54, 1.807) is 24.3 Å². The molecule has 0 saturated heterocycles. The van der Waals surface area contributed by atoms with Gasteiger partial charge in [0, 0.05) is 19.0 Å². The van der Waals surface area contributed by atoms with Crippen molar-refractivity contribution in [3.63, 3.8) is 0 Å². The first-order valence-electron chi connectivity index (χ1n) is 8.98. The highest BCUT2D eigenvalue weighted by atomic mass is 16.5. The fourth-order valence-electron chi connectivity index (χ4n) is 2.68. The van der Waals surface area contributed by atoms with Gasteiger partial charge in [0.05, 0.1) is 5.56 Å². The van der Waals surface area contributed by atoms with Crippen molar-refractivity contribution >= 4 is 17.7 Å². The Bertz CT molecular complexity index is 825. The summed E-state index contributed by atoms with van der Waals surface area (Å²) >= 11 is 0. The lowest BCUT2D eigenvalue weighted by Crippen LogP contribution is -2.21. The van der Waals surface area contributed by atoms with Crippen molar-refractivity contribution in [1.29, 1.82) is 0 Å². The van der Waals surface area contributed by atoms with Gasteiger partial charge in [-0.15, -0.1) is 0 Å². The summed E-state index contributed by atoms with van der Waals surface area (Å²) in [5, 5.41) is 2.75. The van der Waals surface area contributed by atoms with Crippen molar-refractivity contribution in [2.45, 2.75) is 33.6 Å². The van der Waals surface area contributed by atoms with E-state index in [0.29, 0.717) is 17.7 Å². The zero-order valence-corrected chi connectivity index (χ0v) is 16.0. The van der Waals surface area contributed by atoms with Crippen LogP contribution in [0.2, 0.25) is 0 Å². The number of rotatable bonds is 8. The van der Waals surface area contributed by atoms with E-state index in [9.17, 15) is 14.4 Å². The van der Waals surface area contributed by atoms with Crippen LogP contribution in [0.3, 0.4) is 0 Å². The number of aryl methyl sites for hydroxylation is 2. The normalized spacial score (nSPS) is 10.3. The molecule has 0 fully saturated rings.